The molecule has 12 rings (SSSR count). The molecule has 0 spiro atoms. The molecule has 9 aromatic carbocycles. The molecule has 0 N–H and O–H groups in total. The largest absolute Gasteiger partial charge is 0.309 e. The minimum Gasteiger partial charge on any atom is -0.309 e. The molecule has 266 valence electrons. The maximum absolute atomic E-state index is 10.2. The second-order valence-electron chi connectivity index (χ2n) is 12.3. The van der Waals surface area contributed by atoms with Crippen molar-refractivity contribution in [1.29, 1.82) is 0 Å². The van der Waals surface area contributed by atoms with Gasteiger partial charge in [0.25, 0.3) is 0 Å². The van der Waals surface area contributed by atoms with E-state index in [0.29, 0.717) is 9.13 Å². The Kier molecular flexibility index (Phi) is 2.78. The average molecular weight is 761 g/mol. The van der Waals surface area contributed by atoms with Gasteiger partial charge in [-0.1, -0.05) is 151 Å². The highest BCUT2D eigenvalue weighted by Crippen LogP contribution is 2.41. The van der Waals surface area contributed by atoms with Gasteiger partial charge in [0.05, 0.1) is 86.8 Å². The lowest BCUT2D eigenvalue weighted by Gasteiger charge is -2.15. The minimum atomic E-state index is -1.23. The molecule has 3 heterocycles. The molecule has 0 amide bonds. The van der Waals surface area contributed by atoms with E-state index in [1.807, 2.05) is 0 Å². The van der Waals surface area contributed by atoms with Gasteiger partial charge in [0, 0.05) is 43.7 Å². The van der Waals surface area contributed by atoms with E-state index in [2.05, 4.69) is 0 Å². The summed E-state index contributed by atoms with van der Waals surface area (Å²) in [5.74, 6) is 0. The lowest BCUT2D eigenvalue weighted by molar-refractivity contribution is 1.13. The van der Waals surface area contributed by atoms with Crippen molar-refractivity contribution < 1.29 is 48.0 Å². The Morgan fingerprint density at radius 1 is 0.263 bits per heavy atom. The third-order valence-corrected chi connectivity index (χ3v) is 9.28. The number of hydrogen-bond acceptors (Lipinski definition) is 0. The van der Waals surface area contributed by atoms with E-state index >= 15 is 0 Å². The van der Waals surface area contributed by atoms with Crippen LogP contribution in [0.4, 0.5) is 0 Å². The quantitative estimate of drug-likeness (QED) is 0.166. The van der Waals surface area contributed by atoms with Crippen molar-refractivity contribution in [3.05, 3.63) is 211 Å². The molecule has 0 fully saturated rings. The molecule has 0 saturated heterocycles. The van der Waals surface area contributed by atoms with Gasteiger partial charge in [-0.3, -0.25) is 0 Å². The van der Waals surface area contributed by atoms with Crippen molar-refractivity contribution in [1.82, 2.24) is 13.7 Å². The summed E-state index contributed by atoms with van der Waals surface area (Å²) >= 11 is 0. The van der Waals surface area contributed by atoms with Crippen LogP contribution in [-0.4, -0.2) is 13.7 Å². The van der Waals surface area contributed by atoms with Gasteiger partial charge in [-0.05, 0) is 82.7 Å². The molecule has 0 aliphatic rings. The second kappa shape index (κ2) is 12.5. The van der Waals surface area contributed by atoms with E-state index in [4.69, 9.17) is 26.0 Å². The molecule has 0 unspecified atom stereocenters. The van der Waals surface area contributed by atoms with E-state index in [1.165, 1.54) is 0 Å². The summed E-state index contributed by atoms with van der Waals surface area (Å²) in [7, 11) is 0. The first-order chi connectivity index (χ1) is 42.9. The Morgan fingerprint density at radius 3 is 1.37 bits per heavy atom. The summed E-state index contributed by atoms with van der Waals surface area (Å²) in [6, 6.07) is -35.8. The minimum absolute atomic E-state index is 0.530. The molecule has 0 aliphatic carbocycles. The topological polar surface area (TPSA) is 14.8 Å². The van der Waals surface area contributed by atoms with Gasteiger partial charge in [-0.25, -0.2) is 0 Å². The lowest BCUT2D eigenvalue weighted by Crippen LogP contribution is -2.01. The molecule has 3 heteroatoms. The van der Waals surface area contributed by atoms with E-state index in [9.17, 15) is 21.9 Å². The van der Waals surface area contributed by atoms with Crippen LogP contribution in [-0.2, 0) is 0 Å². The van der Waals surface area contributed by atoms with Crippen LogP contribution < -0.4 is 0 Å². The Bertz CT molecular complexity index is 5450. The summed E-state index contributed by atoms with van der Waals surface area (Å²) in [4.78, 5) is 0. The number of aromatic nitrogens is 3. The third kappa shape index (κ3) is 4.79. The first kappa shape index (κ1) is 12.7. The maximum atomic E-state index is 10.2. The van der Waals surface area contributed by atoms with Crippen molar-refractivity contribution >= 4 is 65.4 Å². The molecule has 3 nitrogen and oxygen atoms in total. The van der Waals surface area contributed by atoms with Gasteiger partial charge in [-0.15, -0.1) is 0 Å². The van der Waals surface area contributed by atoms with Crippen LogP contribution in [0, 0.1) is 0 Å². The Morgan fingerprint density at radius 2 is 0.702 bits per heavy atom. The number of nitrogens with zero attached hydrogens (tertiary/aromatic N) is 3. The summed E-state index contributed by atoms with van der Waals surface area (Å²) in [5, 5.41) is -4.03. The lowest BCUT2D eigenvalue weighted by atomic mass is 10.00. The molecule has 0 atom stereocenters. The van der Waals surface area contributed by atoms with E-state index in [0.717, 1.165) is 4.57 Å². The zero-order valence-corrected chi connectivity index (χ0v) is 28.3. The first-order valence-corrected chi connectivity index (χ1v) is 16.8. The standard InChI is InChI=1S/C54H35N3/c1-2-14-36(15-3-1)37-28-30-38(31-29-37)39-16-12-17-40(34-39)56-50-25-10-6-20-44(50)46-22-13-27-53(54(46)56)57-51-26-11-7-21-45(51)47-35-41(32-33-52(47)57)55-48-23-8-4-18-42(48)43-19-5-9-24-49(43)55/h1-35H/i1D,2D,3D,4D,5D,6D,7D,8D,9D,10D,11D,12D,13D,14D,15D,16D,17D,18D,19D,20D,21D,22D,23D,24D,25D,26D,27D,28D,29D,30D,31D,32D,33D,34D,35D. The predicted octanol–water partition coefficient (Wildman–Crippen LogP) is 14.3. The highest BCUT2D eigenvalue weighted by atomic mass is 15.1. The molecular weight excluding hydrogens is 691 g/mol. The van der Waals surface area contributed by atoms with E-state index in [-0.39, 0.29) is 0 Å². The van der Waals surface area contributed by atoms with E-state index < -0.39 is 316 Å². The van der Waals surface area contributed by atoms with Crippen molar-refractivity contribution in [3.63, 3.8) is 0 Å². The summed E-state index contributed by atoms with van der Waals surface area (Å²) in [6.07, 6.45) is 0. The van der Waals surface area contributed by atoms with Crippen LogP contribution >= 0.6 is 0 Å². The fourth-order valence-electron chi connectivity index (χ4n) is 6.93. The average Bonchev–Trinajstić information content (AvgIpc) is 1.52. The molecule has 3 aromatic heterocycles. The van der Waals surface area contributed by atoms with Crippen LogP contribution in [0.1, 0.15) is 48.0 Å². The molecule has 0 aliphatic heterocycles. The second-order valence-corrected chi connectivity index (χ2v) is 12.3. The molecule has 0 saturated carbocycles. The van der Waals surface area contributed by atoms with Crippen LogP contribution in [0.25, 0.3) is 105 Å². The highest BCUT2D eigenvalue weighted by molar-refractivity contribution is 6.16. The molecule has 0 bridgehead atoms. The normalized spacial score (nSPS) is 20.5. The van der Waals surface area contributed by atoms with Crippen LogP contribution in [0.2, 0.25) is 0 Å². The van der Waals surface area contributed by atoms with Crippen LogP contribution in [0.15, 0.2) is 211 Å². The molecule has 0 radical (unpaired) electrons. The van der Waals surface area contributed by atoms with Crippen LogP contribution in [0.5, 0.6) is 0 Å². The smallest absolute Gasteiger partial charge is 0.0782 e. The van der Waals surface area contributed by atoms with Crippen molar-refractivity contribution in [2.24, 2.45) is 0 Å². The Hall–Kier alpha value is -7.62. The van der Waals surface area contributed by atoms with Gasteiger partial charge >= 0.3 is 0 Å². The third-order valence-electron chi connectivity index (χ3n) is 9.28. The zero-order valence-electron chi connectivity index (χ0n) is 63.3. The maximum Gasteiger partial charge on any atom is 0.0782 e. The Balaban J connectivity index is 1.33. The van der Waals surface area contributed by atoms with Gasteiger partial charge in [-0.2, -0.15) is 0 Å². The summed E-state index contributed by atoms with van der Waals surface area (Å²) in [5.41, 5.74) is -11.2. The number of benzene rings is 9. The number of hydrogen-bond donors (Lipinski definition) is 0. The van der Waals surface area contributed by atoms with Gasteiger partial charge in [0.15, 0.2) is 0 Å². The summed E-state index contributed by atoms with van der Waals surface area (Å²) < 4.78 is 322. The molecule has 57 heavy (non-hydrogen) atoms. The van der Waals surface area contributed by atoms with Gasteiger partial charge < -0.3 is 13.7 Å². The SMILES string of the molecule is [2H]c1c([2H])c([2H])c(-c2c([2H])c([2H])c(-c3c([2H])c([2H])c([2H])c(-n4c5c([2H])c([2H])c([2H])c([2H])c5c5c([2H])c([2H])c([2H])c(-n6c7c([2H])c([2H])c([2H])c([2H])c7c7c([2H])c(-n8c9c([2H])c([2H])c([2H])c([2H])c9c9c([2H])c([2H])c([2H])c([2H])c98)c([2H])c([2H])c76)c54)c3[2H])c([2H])c2[2H])c([2H])c1[2H]. The number of fused-ring (bicyclic) bond motifs is 9. The monoisotopic (exact) mass is 761 g/mol. The van der Waals surface area contributed by atoms with Gasteiger partial charge in [0.1, 0.15) is 0 Å². The van der Waals surface area contributed by atoms with Crippen LogP contribution in [0.3, 0.4) is 0 Å². The predicted molar refractivity (Wildman–Crippen MR) is 240 cm³/mol. The molecule has 12 aromatic rings. The van der Waals surface area contributed by atoms with Crippen molar-refractivity contribution in [3.8, 4) is 39.3 Å². The molecular formula is C54H35N3. The number of rotatable bonds is 5. The number of para-hydroxylation sites is 5. The fourth-order valence-corrected chi connectivity index (χ4v) is 6.93. The fraction of sp³-hybridized carbons (Fsp3) is 0. The van der Waals surface area contributed by atoms with Crippen molar-refractivity contribution in [2.75, 3.05) is 0 Å². The van der Waals surface area contributed by atoms with Gasteiger partial charge in [0.2, 0.25) is 0 Å². The zero-order chi connectivity index (χ0) is 67.9. The van der Waals surface area contributed by atoms with Crippen molar-refractivity contribution in [2.45, 2.75) is 0 Å². The summed E-state index contributed by atoms with van der Waals surface area (Å²) in [6.45, 7) is 0. The van der Waals surface area contributed by atoms with E-state index in [1.54, 1.807) is 0 Å². The highest BCUT2D eigenvalue weighted by Gasteiger charge is 2.21. The first-order valence-electron chi connectivity index (χ1n) is 34.3. The Labute approximate surface area is 378 Å².